The summed E-state index contributed by atoms with van der Waals surface area (Å²) in [6.45, 7) is 4.67. The Labute approximate surface area is 105 Å². The van der Waals surface area contributed by atoms with E-state index in [-0.39, 0.29) is 0 Å². The first-order valence-electron chi connectivity index (χ1n) is 5.62. The van der Waals surface area contributed by atoms with Crippen molar-refractivity contribution in [3.05, 3.63) is 40.4 Å². The van der Waals surface area contributed by atoms with Gasteiger partial charge in [0.25, 0.3) is 0 Å². The molecule has 2 rings (SSSR count). The molecule has 2 aromatic rings. The van der Waals surface area contributed by atoms with E-state index >= 15 is 0 Å². The summed E-state index contributed by atoms with van der Waals surface area (Å²) in [7, 11) is 0. The third-order valence-electron chi connectivity index (χ3n) is 2.48. The van der Waals surface area contributed by atoms with Crippen molar-refractivity contribution in [3.8, 4) is 5.75 Å². The Kier molecular flexibility index (Phi) is 3.64. The van der Waals surface area contributed by atoms with Crippen LogP contribution in [0.3, 0.4) is 0 Å². The van der Waals surface area contributed by atoms with Crippen LogP contribution in [0.15, 0.2) is 24.3 Å². The van der Waals surface area contributed by atoms with E-state index in [2.05, 4.69) is 17.1 Å². The Balaban J connectivity index is 2.18. The lowest BCUT2D eigenvalue weighted by atomic mass is 10.1. The third kappa shape index (κ3) is 2.97. The molecule has 0 radical (unpaired) electrons. The fourth-order valence-electron chi connectivity index (χ4n) is 1.71. The molecule has 0 spiro atoms. The molecule has 17 heavy (non-hydrogen) atoms. The summed E-state index contributed by atoms with van der Waals surface area (Å²) in [4.78, 5) is 5.45. The molecule has 1 heterocycles. The summed E-state index contributed by atoms with van der Waals surface area (Å²) in [6, 6.07) is 8.15. The van der Waals surface area contributed by atoms with Gasteiger partial charge in [-0.25, -0.2) is 4.98 Å². The van der Waals surface area contributed by atoms with Crippen LogP contribution in [0.1, 0.15) is 23.1 Å². The number of hydrogen-bond donors (Lipinski definition) is 1. The average Bonchev–Trinajstić information content (AvgIpc) is 2.58. The van der Waals surface area contributed by atoms with Gasteiger partial charge < -0.3 is 10.5 Å². The molecule has 0 bridgehead atoms. The van der Waals surface area contributed by atoms with Crippen molar-refractivity contribution in [2.45, 2.75) is 20.3 Å². The standard InChI is InChI=1S/C13H16N2OS/c1-3-16-11-6-4-5-10(7-11)8-12-9(2)15-13(14)17-12/h4-7H,3,8H2,1-2H3,(H2,14,15). The van der Waals surface area contributed by atoms with E-state index in [0.29, 0.717) is 11.7 Å². The Morgan fingerprint density at radius 1 is 1.41 bits per heavy atom. The van der Waals surface area contributed by atoms with Crippen molar-refractivity contribution in [2.75, 3.05) is 12.3 Å². The second-order valence-electron chi connectivity index (χ2n) is 3.82. The summed E-state index contributed by atoms with van der Waals surface area (Å²) >= 11 is 1.55. The number of aromatic nitrogens is 1. The number of nitrogens with two attached hydrogens (primary N) is 1. The fourth-order valence-corrected chi connectivity index (χ4v) is 2.58. The van der Waals surface area contributed by atoms with Crippen LogP contribution >= 0.6 is 11.3 Å². The molecule has 0 saturated heterocycles. The van der Waals surface area contributed by atoms with Gasteiger partial charge in [0.1, 0.15) is 5.75 Å². The number of rotatable bonds is 4. The van der Waals surface area contributed by atoms with E-state index in [1.165, 1.54) is 10.4 Å². The molecule has 0 aliphatic heterocycles. The zero-order chi connectivity index (χ0) is 12.3. The molecule has 0 saturated carbocycles. The summed E-state index contributed by atoms with van der Waals surface area (Å²) in [5.41, 5.74) is 7.94. The number of ether oxygens (including phenoxy) is 1. The second-order valence-corrected chi connectivity index (χ2v) is 4.93. The number of thiazole rings is 1. The molecule has 1 aromatic carbocycles. The maximum Gasteiger partial charge on any atom is 0.180 e. The maximum atomic E-state index is 5.69. The second kappa shape index (κ2) is 5.19. The Morgan fingerprint density at radius 3 is 2.88 bits per heavy atom. The van der Waals surface area contributed by atoms with Gasteiger partial charge >= 0.3 is 0 Å². The number of benzene rings is 1. The first-order chi connectivity index (χ1) is 8.19. The Morgan fingerprint density at radius 2 is 2.24 bits per heavy atom. The minimum Gasteiger partial charge on any atom is -0.494 e. The maximum absolute atomic E-state index is 5.69. The van der Waals surface area contributed by atoms with Gasteiger partial charge in [0.15, 0.2) is 5.13 Å². The predicted molar refractivity (Wildman–Crippen MR) is 71.7 cm³/mol. The summed E-state index contributed by atoms with van der Waals surface area (Å²) in [5.74, 6) is 0.917. The number of hydrogen-bond acceptors (Lipinski definition) is 4. The normalized spacial score (nSPS) is 10.5. The van der Waals surface area contributed by atoms with E-state index < -0.39 is 0 Å². The zero-order valence-corrected chi connectivity index (χ0v) is 10.9. The minimum absolute atomic E-state index is 0.637. The summed E-state index contributed by atoms with van der Waals surface area (Å²) in [6.07, 6.45) is 0.863. The highest BCUT2D eigenvalue weighted by atomic mass is 32.1. The first kappa shape index (κ1) is 11.9. The minimum atomic E-state index is 0.637. The summed E-state index contributed by atoms with van der Waals surface area (Å²) < 4.78 is 5.48. The number of nitrogens with zero attached hydrogens (tertiary/aromatic N) is 1. The van der Waals surface area contributed by atoms with Crippen molar-refractivity contribution < 1.29 is 4.74 Å². The van der Waals surface area contributed by atoms with Crippen molar-refractivity contribution in [3.63, 3.8) is 0 Å². The van der Waals surface area contributed by atoms with Crippen molar-refractivity contribution in [2.24, 2.45) is 0 Å². The van der Waals surface area contributed by atoms with Crippen molar-refractivity contribution in [1.82, 2.24) is 4.98 Å². The van der Waals surface area contributed by atoms with Crippen LogP contribution in [0.2, 0.25) is 0 Å². The molecular formula is C13H16N2OS. The summed E-state index contributed by atoms with van der Waals surface area (Å²) in [5, 5.41) is 0.637. The molecule has 0 amide bonds. The average molecular weight is 248 g/mol. The molecule has 3 nitrogen and oxygen atoms in total. The smallest absolute Gasteiger partial charge is 0.180 e. The molecule has 0 fully saturated rings. The van der Waals surface area contributed by atoms with Crippen LogP contribution in [0.4, 0.5) is 5.13 Å². The lowest BCUT2D eigenvalue weighted by Crippen LogP contribution is -1.93. The van der Waals surface area contributed by atoms with E-state index in [0.717, 1.165) is 17.9 Å². The molecule has 90 valence electrons. The highest BCUT2D eigenvalue weighted by molar-refractivity contribution is 7.15. The number of nitrogen functional groups attached to an aromatic ring is 1. The van der Waals surface area contributed by atoms with Crippen LogP contribution in [-0.2, 0) is 6.42 Å². The molecule has 4 heteroatoms. The molecular weight excluding hydrogens is 232 g/mol. The quantitative estimate of drug-likeness (QED) is 0.904. The lowest BCUT2D eigenvalue weighted by molar-refractivity contribution is 0.340. The van der Waals surface area contributed by atoms with Crippen molar-refractivity contribution >= 4 is 16.5 Å². The number of aryl methyl sites for hydroxylation is 1. The van der Waals surface area contributed by atoms with E-state index in [1.807, 2.05) is 26.0 Å². The predicted octanol–water partition coefficient (Wildman–Crippen LogP) is 3.02. The fraction of sp³-hybridized carbons (Fsp3) is 0.308. The molecule has 0 aliphatic rings. The van der Waals surface area contributed by atoms with Gasteiger partial charge in [-0.2, -0.15) is 0 Å². The zero-order valence-electron chi connectivity index (χ0n) is 10.1. The molecule has 0 atom stereocenters. The Hall–Kier alpha value is -1.55. The number of anilines is 1. The molecule has 0 unspecified atom stereocenters. The Bertz CT molecular complexity index is 508. The first-order valence-corrected chi connectivity index (χ1v) is 6.44. The molecule has 1 aromatic heterocycles. The van der Waals surface area contributed by atoms with Gasteiger partial charge in [0.05, 0.1) is 12.3 Å². The molecule has 2 N–H and O–H groups in total. The van der Waals surface area contributed by atoms with E-state index in [9.17, 15) is 0 Å². The third-order valence-corrected chi connectivity index (χ3v) is 3.47. The van der Waals surface area contributed by atoms with E-state index in [4.69, 9.17) is 10.5 Å². The largest absolute Gasteiger partial charge is 0.494 e. The SMILES string of the molecule is CCOc1cccc(Cc2sc(N)nc2C)c1. The van der Waals surface area contributed by atoms with Crippen LogP contribution in [0.5, 0.6) is 5.75 Å². The highest BCUT2D eigenvalue weighted by Crippen LogP contribution is 2.24. The van der Waals surface area contributed by atoms with Crippen LogP contribution in [0.25, 0.3) is 0 Å². The van der Waals surface area contributed by atoms with Crippen LogP contribution in [-0.4, -0.2) is 11.6 Å². The topological polar surface area (TPSA) is 48.1 Å². The van der Waals surface area contributed by atoms with Gasteiger partial charge in [0, 0.05) is 11.3 Å². The van der Waals surface area contributed by atoms with Gasteiger partial charge in [0.2, 0.25) is 0 Å². The van der Waals surface area contributed by atoms with Gasteiger partial charge in [-0.1, -0.05) is 12.1 Å². The van der Waals surface area contributed by atoms with Gasteiger partial charge in [-0.15, -0.1) is 11.3 Å². The van der Waals surface area contributed by atoms with Gasteiger partial charge in [-0.3, -0.25) is 0 Å². The lowest BCUT2D eigenvalue weighted by Gasteiger charge is -2.05. The van der Waals surface area contributed by atoms with Crippen LogP contribution in [0, 0.1) is 6.92 Å². The van der Waals surface area contributed by atoms with Gasteiger partial charge in [-0.05, 0) is 31.5 Å². The van der Waals surface area contributed by atoms with Crippen LogP contribution < -0.4 is 10.5 Å². The van der Waals surface area contributed by atoms with E-state index in [1.54, 1.807) is 11.3 Å². The van der Waals surface area contributed by atoms with Crippen molar-refractivity contribution in [1.29, 1.82) is 0 Å². The molecule has 0 aliphatic carbocycles. The highest BCUT2D eigenvalue weighted by Gasteiger charge is 2.06. The monoisotopic (exact) mass is 248 g/mol.